The van der Waals surface area contributed by atoms with Crippen LogP contribution in [0.5, 0.6) is 5.75 Å². The quantitative estimate of drug-likeness (QED) is 0.745. The number of carbonyl (C=O) groups is 1. The molecular weight excluding hydrogens is 228 g/mol. The Morgan fingerprint density at radius 1 is 1.56 bits per heavy atom. The van der Waals surface area contributed by atoms with E-state index in [9.17, 15) is 9.90 Å². The van der Waals surface area contributed by atoms with Crippen LogP contribution in [-0.2, 0) is 11.3 Å². The first kappa shape index (κ1) is 12.8. The van der Waals surface area contributed by atoms with Gasteiger partial charge in [0, 0.05) is 19.2 Å². The number of carbonyl (C=O) groups excluding carboxylic acids is 1. The van der Waals surface area contributed by atoms with Crippen LogP contribution in [0.4, 0.5) is 0 Å². The monoisotopic (exact) mass is 242 g/mol. The molecule has 0 saturated carbocycles. The second kappa shape index (κ2) is 5.72. The minimum absolute atomic E-state index is 0.0563. The van der Waals surface area contributed by atoms with Crippen LogP contribution in [0.3, 0.4) is 0 Å². The van der Waals surface area contributed by atoms with Crippen LogP contribution in [0.15, 0.2) is 18.2 Å². The number of hydrogen-bond donors (Lipinski definition) is 3. The maximum absolute atomic E-state index is 11.2. The molecule has 5 heteroatoms. The summed E-state index contributed by atoms with van der Waals surface area (Å²) < 4.78 is 0. The van der Waals surface area contributed by atoms with Crippen molar-refractivity contribution >= 4 is 17.5 Å². The minimum atomic E-state index is -0.316. The fraction of sp³-hybridized carbons (Fsp3) is 0.364. The fourth-order valence-electron chi connectivity index (χ4n) is 1.27. The summed E-state index contributed by atoms with van der Waals surface area (Å²) in [7, 11) is 1.58. The number of para-hydroxylation sites is 1. The molecule has 88 valence electrons. The first-order valence-corrected chi connectivity index (χ1v) is 5.35. The standard InChI is InChI=1S/C11H15ClN2O2/c1-7(11(16)13-2)14-6-8-4-3-5-9(12)10(8)15/h3-5,7,14-15H,6H2,1-2H3,(H,13,16)/t7-/m1/s1. The molecule has 0 unspecified atom stereocenters. The summed E-state index contributed by atoms with van der Waals surface area (Å²) in [6, 6.07) is 4.81. The molecule has 0 aliphatic carbocycles. The summed E-state index contributed by atoms with van der Waals surface area (Å²) in [5.74, 6) is -0.0395. The molecule has 0 radical (unpaired) electrons. The number of phenols is 1. The molecule has 0 aliphatic rings. The van der Waals surface area contributed by atoms with Crippen molar-refractivity contribution < 1.29 is 9.90 Å². The van der Waals surface area contributed by atoms with E-state index in [4.69, 9.17) is 11.6 Å². The summed E-state index contributed by atoms with van der Waals surface area (Å²) >= 11 is 5.76. The molecule has 1 aromatic carbocycles. The molecule has 0 spiro atoms. The zero-order valence-electron chi connectivity index (χ0n) is 9.25. The lowest BCUT2D eigenvalue weighted by atomic mass is 10.2. The third-order valence-corrected chi connectivity index (χ3v) is 2.61. The molecule has 0 aliphatic heterocycles. The summed E-state index contributed by atoms with van der Waals surface area (Å²) in [5, 5.41) is 15.5. The van der Waals surface area contributed by atoms with Gasteiger partial charge in [0.25, 0.3) is 0 Å². The van der Waals surface area contributed by atoms with Gasteiger partial charge in [-0.25, -0.2) is 0 Å². The molecule has 0 aromatic heterocycles. The summed E-state index contributed by atoms with van der Waals surface area (Å²) in [4.78, 5) is 11.2. The van der Waals surface area contributed by atoms with Gasteiger partial charge in [0.05, 0.1) is 11.1 Å². The van der Waals surface area contributed by atoms with Gasteiger partial charge in [-0.1, -0.05) is 23.7 Å². The molecule has 0 heterocycles. The Bertz CT molecular complexity index is 382. The van der Waals surface area contributed by atoms with Crippen LogP contribution < -0.4 is 10.6 Å². The first-order valence-electron chi connectivity index (χ1n) is 4.97. The van der Waals surface area contributed by atoms with Crippen LogP contribution >= 0.6 is 11.6 Å². The van der Waals surface area contributed by atoms with Crippen LogP contribution in [0.1, 0.15) is 12.5 Å². The van der Waals surface area contributed by atoms with E-state index in [1.165, 1.54) is 0 Å². The normalized spacial score (nSPS) is 12.2. The van der Waals surface area contributed by atoms with Gasteiger partial charge in [0.1, 0.15) is 5.75 Å². The number of amides is 1. The highest BCUT2D eigenvalue weighted by Crippen LogP contribution is 2.26. The lowest BCUT2D eigenvalue weighted by molar-refractivity contribution is -0.122. The molecule has 0 bridgehead atoms. The molecule has 16 heavy (non-hydrogen) atoms. The van der Waals surface area contributed by atoms with Gasteiger partial charge in [-0.3, -0.25) is 4.79 Å². The molecule has 1 atom stereocenters. The number of aromatic hydroxyl groups is 1. The number of likely N-dealkylation sites (N-methyl/N-ethyl adjacent to an activating group) is 1. The number of hydrogen-bond acceptors (Lipinski definition) is 3. The van der Waals surface area contributed by atoms with Crippen molar-refractivity contribution in [2.24, 2.45) is 0 Å². The van der Waals surface area contributed by atoms with Crippen molar-refractivity contribution in [1.82, 2.24) is 10.6 Å². The number of rotatable bonds is 4. The average molecular weight is 243 g/mol. The Morgan fingerprint density at radius 3 is 2.88 bits per heavy atom. The topological polar surface area (TPSA) is 61.4 Å². The van der Waals surface area contributed by atoms with Crippen LogP contribution in [0.2, 0.25) is 5.02 Å². The smallest absolute Gasteiger partial charge is 0.236 e. The van der Waals surface area contributed by atoms with E-state index in [1.54, 1.807) is 32.2 Å². The van der Waals surface area contributed by atoms with Gasteiger partial charge < -0.3 is 15.7 Å². The van der Waals surface area contributed by atoms with E-state index in [0.717, 1.165) is 0 Å². The second-order valence-corrected chi connectivity index (χ2v) is 3.87. The van der Waals surface area contributed by atoms with E-state index in [1.807, 2.05) is 0 Å². The van der Waals surface area contributed by atoms with Crippen LogP contribution in [0, 0.1) is 0 Å². The molecule has 4 nitrogen and oxygen atoms in total. The van der Waals surface area contributed by atoms with Gasteiger partial charge in [0.15, 0.2) is 0 Å². The Labute approximate surface area is 99.6 Å². The average Bonchev–Trinajstić information content (AvgIpc) is 2.29. The third-order valence-electron chi connectivity index (χ3n) is 2.31. The molecule has 1 rings (SSSR count). The van der Waals surface area contributed by atoms with Crippen molar-refractivity contribution in [1.29, 1.82) is 0 Å². The lowest BCUT2D eigenvalue weighted by Crippen LogP contribution is -2.40. The van der Waals surface area contributed by atoms with Crippen molar-refractivity contribution in [3.63, 3.8) is 0 Å². The Balaban J connectivity index is 2.61. The Kier molecular flexibility index (Phi) is 4.58. The first-order chi connectivity index (χ1) is 7.56. The summed E-state index contributed by atoms with van der Waals surface area (Å²) in [5.41, 5.74) is 0.670. The summed E-state index contributed by atoms with van der Waals surface area (Å²) in [6.45, 7) is 2.14. The van der Waals surface area contributed by atoms with Crippen molar-refractivity contribution in [3.8, 4) is 5.75 Å². The van der Waals surface area contributed by atoms with Crippen molar-refractivity contribution in [2.75, 3.05) is 7.05 Å². The zero-order chi connectivity index (χ0) is 12.1. The summed E-state index contributed by atoms with van der Waals surface area (Å²) in [6.07, 6.45) is 0. The van der Waals surface area contributed by atoms with Gasteiger partial charge >= 0.3 is 0 Å². The third kappa shape index (κ3) is 3.12. The molecule has 3 N–H and O–H groups in total. The van der Waals surface area contributed by atoms with Gasteiger partial charge in [-0.2, -0.15) is 0 Å². The number of nitrogens with one attached hydrogen (secondary N) is 2. The number of phenolic OH excluding ortho intramolecular Hbond substituents is 1. The lowest BCUT2D eigenvalue weighted by Gasteiger charge is -2.13. The zero-order valence-corrected chi connectivity index (χ0v) is 10.0. The maximum atomic E-state index is 11.2. The van der Waals surface area contributed by atoms with E-state index >= 15 is 0 Å². The van der Waals surface area contributed by atoms with E-state index in [0.29, 0.717) is 17.1 Å². The highest BCUT2D eigenvalue weighted by atomic mass is 35.5. The fourth-order valence-corrected chi connectivity index (χ4v) is 1.47. The Morgan fingerprint density at radius 2 is 2.25 bits per heavy atom. The Hall–Kier alpha value is -1.26. The van der Waals surface area contributed by atoms with E-state index in [-0.39, 0.29) is 17.7 Å². The van der Waals surface area contributed by atoms with Gasteiger partial charge in [-0.15, -0.1) is 0 Å². The van der Waals surface area contributed by atoms with Crippen molar-refractivity contribution in [3.05, 3.63) is 28.8 Å². The van der Waals surface area contributed by atoms with E-state index in [2.05, 4.69) is 10.6 Å². The second-order valence-electron chi connectivity index (χ2n) is 3.46. The van der Waals surface area contributed by atoms with Crippen molar-refractivity contribution in [2.45, 2.75) is 19.5 Å². The minimum Gasteiger partial charge on any atom is -0.506 e. The van der Waals surface area contributed by atoms with Crippen LogP contribution in [0.25, 0.3) is 0 Å². The van der Waals surface area contributed by atoms with Gasteiger partial charge in [-0.05, 0) is 13.0 Å². The highest BCUT2D eigenvalue weighted by Gasteiger charge is 2.11. The molecule has 1 aromatic rings. The van der Waals surface area contributed by atoms with E-state index < -0.39 is 0 Å². The number of benzene rings is 1. The molecular formula is C11H15ClN2O2. The molecule has 1 amide bonds. The predicted octanol–water partition coefficient (Wildman–Crippen LogP) is 1.27. The highest BCUT2D eigenvalue weighted by molar-refractivity contribution is 6.32. The largest absolute Gasteiger partial charge is 0.506 e. The van der Waals surface area contributed by atoms with Crippen LogP contribution in [-0.4, -0.2) is 24.1 Å². The SMILES string of the molecule is CNC(=O)[C@@H](C)NCc1cccc(Cl)c1O. The van der Waals surface area contributed by atoms with Gasteiger partial charge in [0.2, 0.25) is 5.91 Å². The molecule has 0 saturated heterocycles. The number of halogens is 1. The predicted molar refractivity (Wildman–Crippen MR) is 63.5 cm³/mol. The maximum Gasteiger partial charge on any atom is 0.236 e. The molecule has 0 fully saturated rings.